The van der Waals surface area contributed by atoms with E-state index in [4.69, 9.17) is 11.6 Å². The zero-order valence-corrected chi connectivity index (χ0v) is 11.1. The van der Waals surface area contributed by atoms with Crippen molar-refractivity contribution in [3.63, 3.8) is 0 Å². The van der Waals surface area contributed by atoms with Crippen LogP contribution in [0.2, 0.25) is 5.02 Å². The highest BCUT2D eigenvalue weighted by molar-refractivity contribution is 6.30. The number of benzene rings is 1. The van der Waals surface area contributed by atoms with Crippen molar-refractivity contribution < 1.29 is 4.39 Å². The molecule has 0 saturated carbocycles. The number of hydrogen-bond donors (Lipinski definition) is 1. The van der Waals surface area contributed by atoms with Gasteiger partial charge in [0.2, 0.25) is 0 Å². The highest BCUT2D eigenvalue weighted by atomic mass is 35.5. The zero-order valence-electron chi connectivity index (χ0n) is 10.3. The Kier molecular flexibility index (Phi) is 4.05. The summed E-state index contributed by atoms with van der Waals surface area (Å²) in [5, 5.41) is 3.63. The molecular weight excluding hydrogens is 237 g/mol. The van der Waals surface area contributed by atoms with Crippen molar-refractivity contribution in [3.05, 3.63) is 34.6 Å². The third kappa shape index (κ3) is 2.63. The minimum atomic E-state index is -0.230. The van der Waals surface area contributed by atoms with Crippen molar-refractivity contribution in [1.29, 1.82) is 0 Å². The van der Waals surface area contributed by atoms with Crippen LogP contribution in [0.3, 0.4) is 0 Å². The standard InChI is InChI=1S/C14H19ClFN/c1-9(2)12-8-17-7-6-10(12)11-4-3-5-13(15)14(11)16/h3-5,9-10,12,17H,6-8H2,1-2H3. The SMILES string of the molecule is CC(C)C1CNCCC1c1cccc(Cl)c1F. The lowest BCUT2D eigenvalue weighted by atomic mass is 9.75. The molecule has 17 heavy (non-hydrogen) atoms. The largest absolute Gasteiger partial charge is 0.316 e. The molecule has 1 aliphatic heterocycles. The second-order valence-corrected chi connectivity index (χ2v) is 5.56. The molecule has 2 rings (SSSR count). The van der Waals surface area contributed by atoms with Crippen LogP contribution < -0.4 is 5.32 Å². The summed E-state index contributed by atoms with van der Waals surface area (Å²) in [5.41, 5.74) is 0.790. The van der Waals surface area contributed by atoms with E-state index in [2.05, 4.69) is 19.2 Å². The topological polar surface area (TPSA) is 12.0 Å². The molecule has 0 radical (unpaired) electrons. The molecular formula is C14H19ClFN. The molecule has 0 bridgehead atoms. The van der Waals surface area contributed by atoms with Gasteiger partial charge in [0.1, 0.15) is 5.82 Å². The fraction of sp³-hybridized carbons (Fsp3) is 0.571. The molecule has 2 atom stereocenters. The Bertz CT molecular complexity index is 392. The van der Waals surface area contributed by atoms with Gasteiger partial charge in [0.05, 0.1) is 5.02 Å². The summed E-state index contributed by atoms with van der Waals surface area (Å²) in [5.74, 6) is 1.09. The summed E-state index contributed by atoms with van der Waals surface area (Å²) in [6.45, 7) is 6.33. The highest BCUT2D eigenvalue weighted by Crippen LogP contribution is 2.37. The number of hydrogen-bond acceptors (Lipinski definition) is 1. The Morgan fingerprint density at radius 3 is 2.88 bits per heavy atom. The zero-order chi connectivity index (χ0) is 12.4. The molecule has 2 unspecified atom stereocenters. The molecule has 0 spiro atoms. The van der Waals surface area contributed by atoms with E-state index < -0.39 is 0 Å². The van der Waals surface area contributed by atoms with Gasteiger partial charge in [-0.05, 0) is 48.9 Å². The summed E-state index contributed by atoms with van der Waals surface area (Å²) < 4.78 is 14.1. The van der Waals surface area contributed by atoms with Crippen LogP contribution in [0.4, 0.5) is 4.39 Å². The van der Waals surface area contributed by atoms with Crippen molar-refractivity contribution in [1.82, 2.24) is 5.32 Å². The van der Waals surface area contributed by atoms with Gasteiger partial charge in [-0.1, -0.05) is 37.6 Å². The number of piperidine rings is 1. The van der Waals surface area contributed by atoms with Gasteiger partial charge in [0.15, 0.2) is 0 Å². The van der Waals surface area contributed by atoms with Gasteiger partial charge < -0.3 is 5.32 Å². The van der Waals surface area contributed by atoms with Gasteiger partial charge in [-0.3, -0.25) is 0 Å². The maximum absolute atomic E-state index is 14.1. The van der Waals surface area contributed by atoms with Gasteiger partial charge in [0.25, 0.3) is 0 Å². The molecule has 0 aromatic heterocycles. The van der Waals surface area contributed by atoms with Crippen LogP contribution in [-0.2, 0) is 0 Å². The average Bonchev–Trinajstić information content (AvgIpc) is 2.33. The Morgan fingerprint density at radius 2 is 2.18 bits per heavy atom. The Labute approximate surface area is 107 Å². The van der Waals surface area contributed by atoms with E-state index in [0.717, 1.165) is 25.1 Å². The molecule has 1 heterocycles. The van der Waals surface area contributed by atoms with E-state index in [1.165, 1.54) is 0 Å². The summed E-state index contributed by atoms with van der Waals surface area (Å²) >= 11 is 5.87. The van der Waals surface area contributed by atoms with Gasteiger partial charge in [-0.25, -0.2) is 4.39 Å². The van der Waals surface area contributed by atoms with Crippen LogP contribution in [0.5, 0.6) is 0 Å². The molecule has 3 heteroatoms. The predicted molar refractivity (Wildman–Crippen MR) is 70.0 cm³/mol. The summed E-state index contributed by atoms with van der Waals surface area (Å²) in [4.78, 5) is 0. The van der Waals surface area contributed by atoms with Crippen LogP contribution >= 0.6 is 11.6 Å². The molecule has 1 fully saturated rings. The smallest absolute Gasteiger partial charge is 0.145 e. The number of halogens is 2. The fourth-order valence-electron chi connectivity index (χ4n) is 2.78. The lowest BCUT2D eigenvalue weighted by molar-refractivity contribution is 0.251. The van der Waals surface area contributed by atoms with Crippen LogP contribution in [-0.4, -0.2) is 13.1 Å². The maximum atomic E-state index is 14.1. The second-order valence-electron chi connectivity index (χ2n) is 5.15. The van der Waals surface area contributed by atoms with Crippen LogP contribution in [0.25, 0.3) is 0 Å². The van der Waals surface area contributed by atoms with Crippen molar-refractivity contribution in [2.45, 2.75) is 26.2 Å². The normalized spacial score (nSPS) is 25.2. The first-order chi connectivity index (χ1) is 8.11. The third-order valence-corrected chi connectivity index (χ3v) is 4.06. The first-order valence-electron chi connectivity index (χ1n) is 6.26. The summed E-state index contributed by atoms with van der Waals surface area (Å²) in [6, 6.07) is 5.35. The maximum Gasteiger partial charge on any atom is 0.145 e. The van der Waals surface area contributed by atoms with Gasteiger partial charge >= 0.3 is 0 Å². The number of rotatable bonds is 2. The van der Waals surface area contributed by atoms with E-state index in [1.807, 2.05) is 12.1 Å². The lowest BCUT2D eigenvalue weighted by Crippen LogP contribution is -2.38. The monoisotopic (exact) mass is 255 g/mol. The Balaban J connectivity index is 2.33. The van der Waals surface area contributed by atoms with Crippen LogP contribution in [0.1, 0.15) is 31.7 Å². The van der Waals surface area contributed by atoms with Crippen molar-refractivity contribution in [2.24, 2.45) is 11.8 Å². The van der Waals surface area contributed by atoms with E-state index in [1.54, 1.807) is 6.07 Å². The third-order valence-electron chi connectivity index (χ3n) is 3.77. The summed E-state index contributed by atoms with van der Waals surface area (Å²) in [7, 11) is 0. The number of nitrogens with one attached hydrogen (secondary N) is 1. The Hall–Kier alpha value is -0.600. The Morgan fingerprint density at radius 1 is 1.41 bits per heavy atom. The molecule has 1 N–H and O–H groups in total. The van der Waals surface area contributed by atoms with E-state index >= 15 is 0 Å². The lowest BCUT2D eigenvalue weighted by Gasteiger charge is -2.35. The first kappa shape index (κ1) is 12.8. The van der Waals surface area contributed by atoms with Gasteiger partial charge in [-0.2, -0.15) is 0 Å². The second kappa shape index (κ2) is 5.36. The van der Waals surface area contributed by atoms with Gasteiger partial charge in [0, 0.05) is 0 Å². The molecule has 0 amide bonds. The predicted octanol–water partition coefficient (Wildman–Crippen LogP) is 3.83. The molecule has 1 saturated heterocycles. The van der Waals surface area contributed by atoms with Crippen LogP contribution in [0, 0.1) is 17.7 Å². The van der Waals surface area contributed by atoms with Gasteiger partial charge in [-0.15, -0.1) is 0 Å². The first-order valence-corrected chi connectivity index (χ1v) is 6.63. The molecule has 1 nitrogen and oxygen atoms in total. The minimum Gasteiger partial charge on any atom is -0.316 e. The quantitative estimate of drug-likeness (QED) is 0.847. The molecule has 1 aliphatic rings. The molecule has 1 aromatic rings. The molecule has 1 aromatic carbocycles. The molecule has 94 valence electrons. The van der Waals surface area contributed by atoms with E-state index in [-0.39, 0.29) is 16.8 Å². The van der Waals surface area contributed by atoms with E-state index in [9.17, 15) is 4.39 Å². The van der Waals surface area contributed by atoms with E-state index in [0.29, 0.717) is 11.8 Å². The highest BCUT2D eigenvalue weighted by Gasteiger charge is 2.30. The van der Waals surface area contributed by atoms with Crippen molar-refractivity contribution in [2.75, 3.05) is 13.1 Å². The van der Waals surface area contributed by atoms with Crippen molar-refractivity contribution in [3.8, 4) is 0 Å². The van der Waals surface area contributed by atoms with Crippen molar-refractivity contribution >= 4 is 11.6 Å². The molecule has 0 aliphatic carbocycles. The van der Waals surface area contributed by atoms with Crippen LogP contribution in [0.15, 0.2) is 18.2 Å². The summed E-state index contributed by atoms with van der Waals surface area (Å²) in [6.07, 6.45) is 0.986. The minimum absolute atomic E-state index is 0.230. The fourth-order valence-corrected chi connectivity index (χ4v) is 2.96. The average molecular weight is 256 g/mol.